The van der Waals surface area contributed by atoms with Gasteiger partial charge in [0.1, 0.15) is 30.3 Å². The van der Waals surface area contributed by atoms with E-state index in [2.05, 4.69) is 71.0 Å². The van der Waals surface area contributed by atoms with E-state index >= 15 is 0 Å². The highest BCUT2D eigenvalue weighted by Gasteiger charge is 2.44. The van der Waals surface area contributed by atoms with Crippen molar-refractivity contribution in [3.05, 3.63) is 54.1 Å². The van der Waals surface area contributed by atoms with Gasteiger partial charge in [-0.1, -0.05) is 78.0 Å². The molecule has 0 saturated carbocycles. The first kappa shape index (κ1) is 45.9. The number of nitrogens with one attached hydrogen (secondary N) is 1. The summed E-state index contributed by atoms with van der Waals surface area (Å²) in [7, 11) is -5.77. The van der Waals surface area contributed by atoms with E-state index in [1.54, 1.807) is 45.0 Å². The van der Waals surface area contributed by atoms with Crippen LogP contribution in [-0.2, 0) is 42.3 Å². The first-order valence-corrected chi connectivity index (χ1v) is 25.3. The average molecular weight is 818 g/mol. The minimum Gasteiger partial charge on any atom is -0.462 e. The number of carbonyl (C=O) groups is 3. The Bertz CT molecular complexity index is 1590. The van der Waals surface area contributed by atoms with E-state index < -0.39 is 33.8 Å². The smallest absolute Gasteiger partial charge is 0.342 e. The third-order valence-electron chi connectivity index (χ3n) is 11.6. The molecule has 1 saturated heterocycles. The fourth-order valence-corrected chi connectivity index (χ4v) is 10.6. The second-order valence-electron chi connectivity index (χ2n) is 18.0. The van der Waals surface area contributed by atoms with Gasteiger partial charge in [0.25, 0.3) is 0 Å². The van der Waals surface area contributed by atoms with E-state index in [1.165, 1.54) is 5.57 Å². The lowest BCUT2D eigenvalue weighted by atomic mass is 9.65. The summed E-state index contributed by atoms with van der Waals surface area (Å²) >= 11 is 0. The Labute approximate surface area is 336 Å². The van der Waals surface area contributed by atoms with Crippen LogP contribution in [0.3, 0.4) is 0 Å². The van der Waals surface area contributed by atoms with Crippen LogP contribution in [0, 0.1) is 29.6 Å². The number of hydrogen-bond acceptors (Lipinski definition) is 10. The number of ether oxygens (including phenoxy) is 4. The van der Waals surface area contributed by atoms with E-state index in [1.807, 2.05) is 13.0 Å². The lowest BCUT2D eigenvalue weighted by molar-refractivity contribution is -0.162. The Hall–Kier alpha value is -2.76. The van der Waals surface area contributed by atoms with Crippen molar-refractivity contribution < 1.29 is 46.8 Å². The van der Waals surface area contributed by atoms with Gasteiger partial charge in [0, 0.05) is 18.9 Å². The summed E-state index contributed by atoms with van der Waals surface area (Å²) in [5.74, 6) is -0.399. The van der Waals surface area contributed by atoms with Gasteiger partial charge in [0.15, 0.2) is 8.32 Å². The first-order chi connectivity index (χ1) is 26.2. The first-order valence-electron chi connectivity index (χ1n) is 20.5. The second-order valence-corrected chi connectivity index (χ2v) is 24.8. The van der Waals surface area contributed by atoms with Gasteiger partial charge in [-0.05, 0) is 100 Å². The van der Waals surface area contributed by atoms with Gasteiger partial charge in [0.05, 0.1) is 24.5 Å². The molecule has 2 aliphatic carbocycles. The van der Waals surface area contributed by atoms with Crippen LogP contribution < -0.4 is 9.61 Å². The molecular weight excluding hydrogens is 750 g/mol. The van der Waals surface area contributed by atoms with Crippen LogP contribution in [0.15, 0.2) is 54.1 Å². The Kier molecular flexibility index (Phi) is 16.2. The van der Waals surface area contributed by atoms with Crippen molar-refractivity contribution in [2.45, 2.75) is 149 Å². The predicted octanol–water partition coefficient (Wildman–Crippen LogP) is 9.38. The van der Waals surface area contributed by atoms with Gasteiger partial charge in [-0.2, -0.15) is 0 Å². The maximum absolute atomic E-state index is 13.9. The van der Waals surface area contributed by atoms with Crippen LogP contribution in [0.4, 0.5) is 0 Å². The zero-order valence-electron chi connectivity index (χ0n) is 35.6. The van der Waals surface area contributed by atoms with E-state index in [9.17, 15) is 18.9 Å². The topological polar surface area (TPSA) is 136 Å². The molecule has 314 valence electrons. The zero-order valence-corrected chi connectivity index (χ0v) is 37.5. The number of para-hydroxylation sites is 1. The predicted molar refractivity (Wildman–Crippen MR) is 221 cm³/mol. The molecule has 3 aliphatic rings. The monoisotopic (exact) mass is 817 g/mol. The van der Waals surface area contributed by atoms with E-state index in [0.29, 0.717) is 25.0 Å². The lowest BCUT2D eigenvalue weighted by Gasteiger charge is -2.44. The van der Waals surface area contributed by atoms with Gasteiger partial charge in [0.2, 0.25) is 0 Å². The molecule has 1 aromatic carbocycles. The van der Waals surface area contributed by atoms with Gasteiger partial charge in [-0.3, -0.25) is 18.9 Å². The van der Waals surface area contributed by atoms with Gasteiger partial charge in [-0.15, -0.1) is 0 Å². The highest BCUT2D eigenvalue weighted by atomic mass is 31.2. The van der Waals surface area contributed by atoms with Crippen molar-refractivity contribution in [1.29, 1.82) is 0 Å². The molecule has 1 unspecified atom stereocenters. The van der Waals surface area contributed by atoms with E-state index in [4.69, 9.17) is 27.9 Å². The van der Waals surface area contributed by atoms with Crippen molar-refractivity contribution in [1.82, 2.24) is 5.09 Å². The average Bonchev–Trinajstić information content (AvgIpc) is 3.08. The largest absolute Gasteiger partial charge is 0.462 e. The van der Waals surface area contributed by atoms with Crippen LogP contribution in [0.5, 0.6) is 5.75 Å². The molecule has 1 aromatic rings. The summed E-state index contributed by atoms with van der Waals surface area (Å²) in [5, 5.41) is 2.85. The SMILES string of the molecule is CC(C)OC(=O)[C@H](C)NP(=O)(COCC[C@H](C)C(=O)O[C@H]1C[C@@H](C)C=C2C=C[C@H](C)[C@H](CC[C@@H]3C[C@@H](O[Si](C)(C)C(C)(C)C)CC(=O)O3)[C@H]21)Oc1ccccc1. The molecule has 0 aromatic heterocycles. The second kappa shape index (κ2) is 19.8. The van der Waals surface area contributed by atoms with Crippen molar-refractivity contribution in [2.75, 3.05) is 13.0 Å². The van der Waals surface area contributed by atoms with E-state index in [-0.39, 0.29) is 78.0 Å². The van der Waals surface area contributed by atoms with Crippen LogP contribution in [0.1, 0.15) is 101 Å². The van der Waals surface area contributed by atoms with Crippen LogP contribution in [0.2, 0.25) is 18.1 Å². The number of esters is 3. The number of allylic oxidation sites excluding steroid dienone is 3. The molecular formula is C43H68NO10PSi. The molecule has 0 spiro atoms. The van der Waals surface area contributed by atoms with Crippen LogP contribution in [-0.4, -0.2) is 69.6 Å². The number of cyclic esters (lactones) is 1. The highest BCUT2D eigenvalue weighted by molar-refractivity contribution is 7.57. The summed E-state index contributed by atoms with van der Waals surface area (Å²) in [6.45, 7) is 22.4. The van der Waals surface area contributed by atoms with Gasteiger partial charge >= 0.3 is 25.4 Å². The molecule has 1 aliphatic heterocycles. The summed E-state index contributed by atoms with van der Waals surface area (Å²) in [6, 6.07) is 7.79. The van der Waals surface area contributed by atoms with Crippen molar-refractivity contribution in [2.24, 2.45) is 29.6 Å². The quantitative estimate of drug-likeness (QED) is 0.0499. The summed E-state index contributed by atoms with van der Waals surface area (Å²) in [4.78, 5) is 38.9. The van der Waals surface area contributed by atoms with Crippen molar-refractivity contribution in [3.8, 4) is 5.75 Å². The molecule has 0 radical (unpaired) electrons. The van der Waals surface area contributed by atoms with Gasteiger partial charge in [-0.25, -0.2) is 5.09 Å². The summed E-state index contributed by atoms with van der Waals surface area (Å²) < 4.78 is 49.8. The molecule has 10 atom stereocenters. The number of hydrogen-bond donors (Lipinski definition) is 1. The maximum Gasteiger partial charge on any atom is 0.342 e. The normalized spacial score (nSPS) is 27.6. The van der Waals surface area contributed by atoms with Crippen LogP contribution >= 0.6 is 7.52 Å². The summed E-state index contributed by atoms with van der Waals surface area (Å²) in [6.07, 6.45) is 9.10. The number of rotatable bonds is 18. The third-order valence-corrected chi connectivity index (χ3v) is 18.0. The van der Waals surface area contributed by atoms with E-state index in [0.717, 1.165) is 19.3 Å². The minimum absolute atomic E-state index is 0.0358. The fraction of sp³-hybridized carbons (Fsp3) is 0.698. The standard InChI is InChI=1S/C43H68NO10PSi/c1-28(2)50-42(47)32(6)44-55(48,53-34-15-13-12-14-16-34)27-49-22-21-31(5)41(46)52-38-24-29(3)23-33-18-17-30(4)37(40(33)38)20-19-35-25-36(26-39(45)51-35)54-56(10,11)43(7,8)9/h12-18,23,28-32,35-38,40H,19-22,24-27H2,1-11H3,(H,44,48)/t29-,30-,31-,32-,35+,36+,37-,38-,40-,55?/m0/s1. The molecule has 4 rings (SSSR count). The highest BCUT2D eigenvalue weighted by Crippen LogP contribution is 2.47. The number of carbonyl (C=O) groups excluding carboxylic acids is 3. The Balaban J connectivity index is 1.35. The Morgan fingerprint density at radius 2 is 1.71 bits per heavy atom. The molecule has 0 bridgehead atoms. The zero-order chi connectivity index (χ0) is 41.4. The molecule has 11 nitrogen and oxygen atoms in total. The molecule has 1 heterocycles. The van der Waals surface area contributed by atoms with Crippen LogP contribution in [0.25, 0.3) is 0 Å². The lowest BCUT2D eigenvalue weighted by Crippen LogP contribution is -2.47. The summed E-state index contributed by atoms with van der Waals surface area (Å²) in [5.41, 5.74) is 1.20. The third kappa shape index (κ3) is 13.1. The molecule has 56 heavy (non-hydrogen) atoms. The number of fused-ring (bicyclic) bond motifs is 1. The van der Waals surface area contributed by atoms with Crippen molar-refractivity contribution in [3.63, 3.8) is 0 Å². The van der Waals surface area contributed by atoms with Crippen molar-refractivity contribution >= 4 is 33.7 Å². The molecule has 1 fully saturated rings. The maximum atomic E-state index is 13.9. The molecule has 13 heteroatoms. The molecule has 1 N–H and O–H groups in total. The Morgan fingerprint density at radius 1 is 1.02 bits per heavy atom. The Morgan fingerprint density at radius 3 is 2.38 bits per heavy atom. The van der Waals surface area contributed by atoms with Gasteiger partial charge < -0.3 is 27.9 Å². The number of benzene rings is 1. The fourth-order valence-electron chi connectivity index (χ4n) is 7.56. The minimum atomic E-state index is -3.72. The molecule has 0 amide bonds.